The van der Waals surface area contributed by atoms with Gasteiger partial charge in [0.15, 0.2) is 0 Å². The molecule has 0 bridgehead atoms. The highest BCUT2D eigenvalue weighted by atomic mass is 35.5. The molecule has 1 aliphatic heterocycles. The number of rotatable bonds is 2. The van der Waals surface area contributed by atoms with Crippen molar-refractivity contribution in [1.82, 2.24) is 4.31 Å². The second kappa shape index (κ2) is 5.82. The summed E-state index contributed by atoms with van der Waals surface area (Å²) in [5.74, 6) is 1.89. The minimum atomic E-state index is -3.40. The first-order valence-electron chi connectivity index (χ1n) is 5.86. The highest BCUT2D eigenvalue weighted by Gasteiger charge is 2.26. The first-order chi connectivity index (χ1) is 8.51. The molecule has 1 aliphatic rings. The van der Waals surface area contributed by atoms with E-state index in [9.17, 15) is 8.42 Å². The summed E-state index contributed by atoms with van der Waals surface area (Å²) in [5.41, 5.74) is 0.747. The lowest BCUT2D eigenvalue weighted by Gasteiger charge is -2.20. The van der Waals surface area contributed by atoms with E-state index in [-0.39, 0.29) is 0 Å². The molecule has 0 radical (unpaired) electrons. The topological polar surface area (TPSA) is 37.4 Å². The summed E-state index contributed by atoms with van der Waals surface area (Å²) in [6.07, 6.45) is 0.906. The van der Waals surface area contributed by atoms with Crippen molar-refractivity contribution in [3.8, 4) is 0 Å². The molecule has 100 valence electrons. The van der Waals surface area contributed by atoms with Crippen LogP contribution in [0.4, 0.5) is 0 Å². The lowest BCUT2D eigenvalue weighted by molar-refractivity contribution is 0.434. The molecule has 1 aromatic rings. The Bertz CT molecular complexity index is 523. The summed E-state index contributed by atoms with van der Waals surface area (Å²) < 4.78 is 26.7. The summed E-state index contributed by atoms with van der Waals surface area (Å²) in [6, 6.07) is 5.01. The largest absolute Gasteiger partial charge is 0.243 e. The van der Waals surface area contributed by atoms with Crippen LogP contribution in [0.1, 0.15) is 12.0 Å². The zero-order chi connectivity index (χ0) is 13.2. The number of nitrogens with zero attached hydrogens (tertiary/aromatic N) is 1. The van der Waals surface area contributed by atoms with Gasteiger partial charge in [-0.3, -0.25) is 0 Å². The average molecular weight is 306 g/mol. The van der Waals surface area contributed by atoms with Crippen molar-refractivity contribution in [2.75, 3.05) is 24.6 Å². The second-order valence-corrected chi connectivity index (χ2v) is 7.85. The zero-order valence-corrected chi connectivity index (χ0v) is 12.6. The van der Waals surface area contributed by atoms with E-state index in [0.29, 0.717) is 23.0 Å². The molecule has 0 aliphatic carbocycles. The van der Waals surface area contributed by atoms with Crippen molar-refractivity contribution >= 4 is 33.4 Å². The SMILES string of the molecule is Cc1ccc(Cl)cc1S(=O)(=O)N1CCCSCC1. The van der Waals surface area contributed by atoms with Gasteiger partial charge in [0.05, 0.1) is 4.90 Å². The van der Waals surface area contributed by atoms with Gasteiger partial charge in [0.25, 0.3) is 0 Å². The summed E-state index contributed by atoms with van der Waals surface area (Å²) in [4.78, 5) is 0.335. The van der Waals surface area contributed by atoms with E-state index < -0.39 is 10.0 Å². The highest BCUT2D eigenvalue weighted by molar-refractivity contribution is 7.99. The van der Waals surface area contributed by atoms with Crippen molar-refractivity contribution < 1.29 is 8.42 Å². The summed E-state index contributed by atoms with van der Waals surface area (Å²) in [6.45, 7) is 2.98. The quantitative estimate of drug-likeness (QED) is 0.843. The lowest BCUT2D eigenvalue weighted by atomic mass is 10.2. The van der Waals surface area contributed by atoms with Crippen LogP contribution in [-0.2, 0) is 10.0 Å². The molecule has 18 heavy (non-hydrogen) atoms. The van der Waals surface area contributed by atoms with Crippen LogP contribution < -0.4 is 0 Å². The Balaban J connectivity index is 2.37. The van der Waals surface area contributed by atoms with Gasteiger partial charge in [-0.1, -0.05) is 17.7 Å². The van der Waals surface area contributed by atoms with Gasteiger partial charge in [-0.15, -0.1) is 0 Å². The minimum absolute atomic E-state index is 0.335. The number of benzene rings is 1. The molecular weight excluding hydrogens is 290 g/mol. The Hall–Kier alpha value is -0.230. The van der Waals surface area contributed by atoms with E-state index in [0.717, 1.165) is 23.5 Å². The Morgan fingerprint density at radius 1 is 1.28 bits per heavy atom. The van der Waals surface area contributed by atoms with E-state index in [4.69, 9.17) is 11.6 Å². The van der Waals surface area contributed by atoms with Crippen LogP contribution in [-0.4, -0.2) is 37.3 Å². The number of aryl methyl sites for hydroxylation is 1. The van der Waals surface area contributed by atoms with E-state index in [2.05, 4.69) is 0 Å². The first kappa shape index (κ1) is 14.2. The third-order valence-electron chi connectivity index (χ3n) is 2.95. The Morgan fingerprint density at radius 3 is 2.83 bits per heavy atom. The third-order valence-corrected chi connectivity index (χ3v) is 6.27. The molecule has 1 heterocycles. The fourth-order valence-electron chi connectivity index (χ4n) is 1.95. The lowest BCUT2D eigenvalue weighted by Crippen LogP contribution is -2.33. The number of hydrogen-bond acceptors (Lipinski definition) is 3. The predicted octanol–water partition coefficient (Wildman–Crippen LogP) is 2.78. The molecule has 1 aromatic carbocycles. The van der Waals surface area contributed by atoms with Gasteiger partial charge in [-0.25, -0.2) is 8.42 Å². The standard InChI is InChI=1S/C12H16ClNO2S2/c1-10-3-4-11(13)9-12(10)18(15,16)14-5-2-7-17-8-6-14/h3-4,9H,2,5-8H2,1H3. The predicted molar refractivity (Wildman–Crippen MR) is 76.9 cm³/mol. The van der Waals surface area contributed by atoms with Gasteiger partial charge in [0.2, 0.25) is 10.0 Å². The van der Waals surface area contributed by atoms with Gasteiger partial charge in [0.1, 0.15) is 0 Å². The molecule has 2 rings (SSSR count). The van der Waals surface area contributed by atoms with Crippen LogP contribution in [0.3, 0.4) is 0 Å². The fraction of sp³-hybridized carbons (Fsp3) is 0.500. The Morgan fingerprint density at radius 2 is 2.06 bits per heavy atom. The van der Waals surface area contributed by atoms with Gasteiger partial charge < -0.3 is 0 Å². The van der Waals surface area contributed by atoms with Crippen LogP contribution in [0.25, 0.3) is 0 Å². The minimum Gasteiger partial charge on any atom is -0.207 e. The molecule has 0 spiro atoms. The second-order valence-electron chi connectivity index (χ2n) is 4.28. The zero-order valence-electron chi connectivity index (χ0n) is 10.2. The van der Waals surface area contributed by atoms with Gasteiger partial charge >= 0.3 is 0 Å². The molecule has 1 fully saturated rings. The van der Waals surface area contributed by atoms with Crippen molar-refractivity contribution in [3.63, 3.8) is 0 Å². The molecule has 0 N–H and O–H groups in total. The van der Waals surface area contributed by atoms with Gasteiger partial charge in [-0.05, 0) is 36.8 Å². The Kier molecular flexibility index (Phi) is 4.59. The third kappa shape index (κ3) is 3.02. The van der Waals surface area contributed by atoms with E-state index in [1.165, 1.54) is 0 Å². The molecule has 1 saturated heterocycles. The molecule has 0 saturated carbocycles. The molecule has 0 unspecified atom stereocenters. The van der Waals surface area contributed by atoms with Crippen LogP contribution >= 0.6 is 23.4 Å². The fourth-order valence-corrected chi connectivity index (χ4v) is 4.92. The first-order valence-corrected chi connectivity index (χ1v) is 8.83. The number of hydrogen-bond donors (Lipinski definition) is 0. The molecular formula is C12H16ClNO2S2. The number of halogens is 1. The highest BCUT2D eigenvalue weighted by Crippen LogP contribution is 2.25. The van der Waals surface area contributed by atoms with E-state index in [1.54, 1.807) is 41.2 Å². The van der Waals surface area contributed by atoms with Crippen LogP contribution in [0.5, 0.6) is 0 Å². The van der Waals surface area contributed by atoms with Crippen molar-refractivity contribution in [2.45, 2.75) is 18.2 Å². The van der Waals surface area contributed by atoms with E-state index >= 15 is 0 Å². The monoisotopic (exact) mass is 305 g/mol. The van der Waals surface area contributed by atoms with Crippen LogP contribution in [0.2, 0.25) is 5.02 Å². The molecule has 0 aromatic heterocycles. The normalized spacial score (nSPS) is 18.6. The van der Waals surface area contributed by atoms with Crippen molar-refractivity contribution in [3.05, 3.63) is 28.8 Å². The number of thioether (sulfide) groups is 1. The summed E-state index contributed by atoms with van der Waals surface area (Å²) >= 11 is 7.71. The Labute approximate surface area is 118 Å². The van der Waals surface area contributed by atoms with Gasteiger partial charge in [0, 0.05) is 23.9 Å². The molecule has 3 nitrogen and oxygen atoms in total. The van der Waals surface area contributed by atoms with Crippen LogP contribution in [0.15, 0.2) is 23.1 Å². The van der Waals surface area contributed by atoms with Gasteiger partial charge in [-0.2, -0.15) is 16.1 Å². The number of sulfonamides is 1. The van der Waals surface area contributed by atoms with Crippen molar-refractivity contribution in [1.29, 1.82) is 0 Å². The average Bonchev–Trinajstić information content (AvgIpc) is 2.61. The summed E-state index contributed by atoms with van der Waals surface area (Å²) in [7, 11) is -3.40. The maximum Gasteiger partial charge on any atom is 0.243 e. The molecule has 0 atom stereocenters. The smallest absolute Gasteiger partial charge is 0.207 e. The molecule has 6 heteroatoms. The summed E-state index contributed by atoms with van der Waals surface area (Å²) in [5, 5.41) is 0.461. The van der Waals surface area contributed by atoms with Crippen LogP contribution in [0, 0.1) is 6.92 Å². The molecule has 0 amide bonds. The maximum atomic E-state index is 12.6. The van der Waals surface area contributed by atoms with E-state index in [1.807, 2.05) is 0 Å². The van der Waals surface area contributed by atoms with Crippen molar-refractivity contribution in [2.24, 2.45) is 0 Å². The maximum absolute atomic E-state index is 12.6.